The van der Waals surface area contributed by atoms with Crippen LogP contribution in [0.25, 0.3) is 0 Å². The third-order valence-corrected chi connectivity index (χ3v) is 3.33. The maximum Gasteiger partial charge on any atom is 0.292 e. The predicted molar refractivity (Wildman–Crippen MR) is 68.5 cm³/mol. The van der Waals surface area contributed by atoms with Gasteiger partial charge in [-0.3, -0.25) is 4.79 Å². The molecule has 1 N–H and O–H groups in total. The van der Waals surface area contributed by atoms with Crippen molar-refractivity contribution in [2.75, 3.05) is 19.6 Å². The van der Waals surface area contributed by atoms with Gasteiger partial charge in [-0.2, -0.15) is 0 Å². The van der Waals surface area contributed by atoms with Gasteiger partial charge in [0.1, 0.15) is 0 Å². The third kappa shape index (κ3) is 2.90. The molecule has 1 unspecified atom stereocenters. The van der Waals surface area contributed by atoms with E-state index < -0.39 is 0 Å². The number of aromatic nitrogens is 1. The minimum atomic E-state index is -0.0412. The van der Waals surface area contributed by atoms with Crippen LogP contribution in [0.5, 0.6) is 0 Å². The first kappa shape index (κ1) is 13.1. The maximum absolute atomic E-state index is 12.4. The second kappa shape index (κ2) is 6.00. The molecule has 2 rings (SSSR count). The van der Waals surface area contributed by atoms with E-state index in [0.29, 0.717) is 11.8 Å². The lowest BCUT2D eigenvalue weighted by molar-refractivity contribution is 0.0699. The molecule has 18 heavy (non-hydrogen) atoms. The van der Waals surface area contributed by atoms with Crippen molar-refractivity contribution >= 4 is 5.91 Å². The topological polar surface area (TPSA) is 58.4 Å². The third-order valence-electron chi connectivity index (χ3n) is 3.33. The Kier molecular flexibility index (Phi) is 4.36. The molecule has 5 heteroatoms. The number of hydrogen-bond donors (Lipinski definition) is 1. The fourth-order valence-corrected chi connectivity index (χ4v) is 2.36. The van der Waals surface area contributed by atoms with Gasteiger partial charge in [-0.15, -0.1) is 0 Å². The Morgan fingerprint density at radius 3 is 3.06 bits per heavy atom. The lowest BCUT2D eigenvalue weighted by atomic mass is 10.2. The molecular weight excluding hydrogens is 230 g/mol. The standard InChI is InChI=1S/C13H21N3O2/c1-3-7-16(9-11-5-4-6-14-11)13(17)12-10(2)8-15-18-12/h8,11,14H,3-7,9H2,1-2H3. The number of carbonyl (C=O) groups excluding carboxylic acids is 1. The lowest BCUT2D eigenvalue weighted by Gasteiger charge is -2.24. The average molecular weight is 251 g/mol. The van der Waals surface area contributed by atoms with E-state index in [-0.39, 0.29) is 5.91 Å². The number of nitrogens with zero attached hydrogens (tertiary/aromatic N) is 2. The van der Waals surface area contributed by atoms with Crippen LogP contribution in [0.15, 0.2) is 10.7 Å². The molecule has 100 valence electrons. The molecular formula is C13H21N3O2. The van der Waals surface area contributed by atoms with Gasteiger partial charge in [-0.25, -0.2) is 0 Å². The van der Waals surface area contributed by atoms with E-state index in [2.05, 4.69) is 17.4 Å². The van der Waals surface area contributed by atoms with E-state index in [9.17, 15) is 4.79 Å². The molecule has 1 fully saturated rings. The smallest absolute Gasteiger partial charge is 0.292 e. The predicted octanol–water partition coefficient (Wildman–Crippen LogP) is 1.59. The lowest BCUT2D eigenvalue weighted by Crippen LogP contribution is -2.41. The van der Waals surface area contributed by atoms with Crippen molar-refractivity contribution in [2.45, 2.75) is 39.2 Å². The fourth-order valence-electron chi connectivity index (χ4n) is 2.36. The molecule has 0 bridgehead atoms. The van der Waals surface area contributed by atoms with Crippen molar-refractivity contribution in [1.82, 2.24) is 15.4 Å². The minimum Gasteiger partial charge on any atom is -0.351 e. The highest BCUT2D eigenvalue weighted by Gasteiger charge is 2.25. The van der Waals surface area contributed by atoms with Gasteiger partial charge in [-0.05, 0) is 32.7 Å². The van der Waals surface area contributed by atoms with Crippen molar-refractivity contribution in [3.63, 3.8) is 0 Å². The number of hydrogen-bond acceptors (Lipinski definition) is 4. The summed E-state index contributed by atoms with van der Waals surface area (Å²) in [5.74, 6) is 0.335. The maximum atomic E-state index is 12.4. The van der Waals surface area contributed by atoms with Gasteiger partial charge in [0, 0.05) is 24.7 Å². The molecule has 1 saturated heterocycles. The van der Waals surface area contributed by atoms with Crippen molar-refractivity contribution in [3.05, 3.63) is 17.5 Å². The minimum absolute atomic E-state index is 0.0412. The summed E-state index contributed by atoms with van der Waals surface area (Å²) in [5.41, 5.74) is 0.806. The average Bonchev–Trinajstić information content (AvgIpc) is 2.99. The normalized spacial score (nSPS) is 19.1. The van der Waals surface area contributed by atoms with Crippen molar-refractivity contribution in [2.24, 2.45) is 0 Å². The van der Waals surface area contributed by atoms with E-state index in [1.807, 2.05) is 11.8 Å². The quantitative estimate of drug-likeness (QED) is 0.863. The van der Waals surface area contributed by atoms with Gasteiger partial charge in [0.2, 0.25) is 5.76 Å². The van der Waals surface area contributed by atoms with Gasteiger partial charge in [-0.1, -0.05) is 12.1 Å². The highest BCUT2D eigenvalue weighted by atomic mass is 16.5. The molecule has 0 aromatic carbocycles. The van der Waals surface area contributed by atoms with E-state index in [1.165, 1.54) is 6.42 Å². The molecule has 0 radical (unpaired) electrons. The number of carbonyl (C=O) groups is 1. The van der Waals surface area contributed by atoms with Crippen LogP contribution in [0, 0.1) is 6.92 Å². The molecule has 0 spiro atoms. The van der Waals surface area contributed by atoms with Gasteiger partial charge in [0.25, 0.3) is 5.91 Å². The first-order valence-corrected chi connectivity index (χ1v) is 6.66. The zero-order valence-electron chi connectivity index (χ0n) is 11.1. The van der Waals surface area contributed by atoms with Crippen LogP contribution in [-0.2, 0) is 0 Å². The van der Waals surface area contributed by atoms with Gasteiger partial charge in [0.15, 0.2) is 0 Å². The highest BCUT2D eigenvalue weighted by Crippen LogP contribution is 2.13. The second-order valence-electron chi connectivity index (χ2n) is 4.88. The molecule has 5 nitrogen and oxygen atoms in total. The van der Waals surface area contributed by atoms with Gasteiger partial charge >= 0.3 is 0 Å². The molecule has 1 aliphatic rings. The Hall–Kier alpha value is -1.36. The monoisotopic (exact) mass is 251 g/mol. The number of nitrogens with one attached hydrogen (secondary N) is 1. The van der Waals surface area contributed by atoms with Crippen LogP contribution < -0.4 is 5.32 Å². The summed E-state index contributed by atoms with van der Waals surface area (Å²) >= 11 is 0. The highest BCUT2D eigenvalue weighted by molar-refractivity contribution is 5.92. The van der Waals surface area contributed by atoms with E-state index in [4.69, 9.17) is 4.52 Å². The van der Waals surface area contributed by atoms with Gasteiger partial charge < -0.3 is 14.7 Å². The number of amides is 1. The molecule has 1 aromatic rings. The van der Waals surface area contributed by atoms with Crippen molar-refractivity contribution < 1.29 is 9.32 Å². The molecule has 1 amide bonds. The Morgan fingerprint density at radius 1 is 1.67 bits per heavy atom. The summed E-state index contributed by atoms with van der Waals surface area (Å²) < 4.78 is 5.06. The first-order valence-electron chi connectivity index (χ1n) is 6.66. The summed E-state index contributed by atoms with van der Waals surface area (Å²) in [6, 6.07) is 0.420. The Bertz CT molecular complexity index is 397. The Balaban J connectivity index is 2.04. The fraction of sp³-hybridized carbons (Fsp3) is 0.692. The molecule has 1 atom stereocenters. The summed E-state index contributed by atoms with van der Waals surface area (Å²) in [7, 11) is 0. The molecule has 1 aromatic heterocycles. The second-order valence-corrected chi connectivity index (χ2v) is 4.88. The van der Waals surface area contributed by atoms with E-state index in [1.54, 1.807) is 6.20 Å². The summed E-state index contributed by atoms with van der Waals surface area (Å²) in [5, 5.41) is 7.10. The molecule has 0 aliphatic carbocycles. The number of rotatable bonds is 5. The molecule has 2 heterocycles. The Morgan fingerprint density at radius 2 is 2.50 bits per heavy atom. The molecule has 0 saturated carbocycles. The first-order chi connectivity index (χ1) is 8.72. The van der Waals surface area contributed by atoms with Crippen molar-refractivity contribution in [3.8, 4) is 0 Å². The summed E-state index contributed by atoms with van der Waals surface area (Å²) in [6.07, 6.45) is 4.87. The zero-order valence-corrected chi connectivity index (χ0v) is 11.1. The van der Waals surface area contributed by atoms with Crippen LogP contribution in [0.3, 0.4) is 0 Å². The van der Waals surface area contributed by atoms with Crippen LogP contribution in [0.1, 0.15) is 42.3 Å². The van der Waals surface area contributed by atoms with Crippen LogP contribution in [-0.4, -0.2) is 41.6 Å². The van der Waals surface area contributed by atoms with Crippen LogP contribution in [0.2, 0.25) is 0 Å². The zero-order chi connectivity index (χ0) is 13.0. The van der Waals surface area contributed by atoms with Crippen molar-refractivity contribution in [1.29, 1.82) is 0 Å². The van der Waals surface area contributed by atoms with E-state index >= 15 is 0 Å². The number of aryl methyl sites for hydroxylation is 1. The Labute approximate surface area is 108 Å². The molecule has 1 aliphatic heterocycles. The summed E-state index contributed by atoms with van der Waals surface area (Å²) in [6.45, 7) is 6.50. The largest absolute Gasteiger partial charge is 0.351 e. The summed E-state index contributed by atoms with van der Waals surface area (Å²) in [4.78, 5) is 14.2. The SMILES string of the molecule is CCCN(CC1CCCN1)C(=O)c1oncc1C. The van der Waals surface area contributed by atoms with Crippen LogP contribution >= 0.6 is 0 Å². The van der Waals surface area contributed by atoms with E-state index in [0.717, 1.165) is 38.0 Å². The van der Waals surface area contributed by atoms with Gasteiger partial charge in [0.05, 0.1) is 6.20 Å². The van der Waals surface area contributed by atoms with Crippen LogP contribution in [0.4, 0.5) is 0 Å².